The van der Waals surface area contributed by atoms with Crippen molar-refractivity contribution >= 4 is 27.3 Å². The molecule has 0 amide bonds. The fraction of sp³-hybridized carbons (Fsp3) is 0.143. The molecule has 0 unspecified atom stereocenters. The Morgan fingerprint density at radius 2 is 2.20 bits per heavy atom. The summed E-state index contributed by atoms with van der Waals surface area (Å²) in [5.41, 5.74) is 2.66. The first-order valence-electron chi connectivity index (χ1n) is 6.12. The molecule has 0 aliphatic heterocycles. The summed E-state index contributed by atoms with van der Waals surface area (Å²) < 4.78 is 15.9. The van der Waals surface area contributed by atoms with E-state index in [0.717, 1.165) is 27.1 Å². The second-order valence-electron chi connectivity index (χ2n) is 4.48. The first-order valence-corrected chi connectivity index (χ1v) is 6.91. The first kappa shape index (κ1) is 13.1. The molecule has 0 radical (unpaired) electrons. The zero-order valence-corrected chi connectivity index (χ0v) is 12.4. The van der Waals surface area contributed by atoms with Crippen molar-refractivity contribution in [2.24, 2.45) is 0 Å². The summed E-state index contributed by atoms with van der Waals surface area (Å²) in [5, 5.41) is 7.54. The fourth-order valence-electron chi connectivity index (χ4n) is 2.04. The SMILES string of the molecule is Cc1cc2c(NCc3cc(F)ccc3Br)nccn2n1. The van der Waals surface area contributed by atoms with Crippen LogP contribution in [0.25, 0.3) is 5.52 Å². The van der Waals surface area contributed by atoms with E-state index in [-0.39, 0.29) is 5.82 Å². The van der Waals surface area contributed by atoms with E-state index in [2.05, 4.69) is 31.3 Å². The number of hydrogen-bond acceptors (Lipinski definition) is 3. The van der Waals surface area contributed by atoms with Crippen LogP contribution >= 0.6 is 15.9 Å². The minimum Gasteiger partial charge on any atom is -0.364 e. The van der Waals surface area contributed by atoms with Gasteiger partial charge in [-0.2, -0.15) is 5.10 Å². The number of benzene rings is 1. The molecule has 0 fully saturated rings. The van der Waals surface area contributed by atoms with Crippen molar-refractivity contribution in [1.29, 1.82) is 0 Å². The van der Waals surface area contributed by atoms with Gasteiger partial charge < -0.3 is 5.32 Å². The number of anilines is 1. The summed E-state index contributed by atoms with van der Waals surface area (Å²) in [7, 11) is 0. The monoisotopic (exact) mass is 334 g/mol. The van der Waals surface area contributed by atoms with Crippen LogP contribution in [0.3, 0.4) is 0 Å². The Balaban J connectivity index is 1.88. The number of aryl methyl sites for hydroxylation is 1. The van der Waals surface area contributed by atoms with E-state index in [0.29, 0.717) is 6.54 Å². The average Bonchev–Trinajstić information content (AvgIpc) is 2.80. The molecule has 0 bridgehead atoms. The van der Waals surface area contributed by atoms with Crippen LogP contribution in [0.5, 0.6) is 0 Å². The summed E-state index contributed by atoms with van der Waals surface area (Å²) in [6.07, 6.45) is 3.48. The van der Waals surface area contributed by atoms with Gasteiger partial charge >= 0.3 is 0 Å². The van der Waals surface area contributed by atoms with Gasteiger partial charge in [-0.3, -0.25) is 0 Å². The van der Waals surface area contributed by atoms with Crippen LogP contribution < -0.4 is 5.32 Å². The predicted octanol–water partition coefficient (Wildman–Crippen LogP) is 3.55. The standard InChI is InChI=1S/C14H12BrFN4/c1-9-6-13-14(17-4-5-20(13)19-9)18-8-10-7-11(16)2-3-12(10)15/h2-7H,8H2,1H3,(H,17,18). The second-order valence-corrected chi connectivity index (χ2v) is 5.33. The molecule has 1 N–H and O–H groups in total. The summed E-state index contributed by atoms with van der Waals surface area (Å²) in [4.78, 5) is 4.31. The van der Waals surface area contributed by atoms with Crippen molar-refractivity contribution < 1.29 is 4.39 Å². The lowest BCUT2D eigenvalue weighted by molar-refractivity contribution is 0.625. The highest BCUT2D eigenvalue weighted by atomic mass is 79.9. The van der Waals surface area contributed by atoms with Crippen LogP contribution in [0.2, 0.25) is 0 Å². The molecule has 2 heterocycles. The molecule has 20 heavy (non-hydrogen) atoms. The number of rotatable bonds is 3. The zero-order valence-electron chi connectivity index (χ0n) is 10.8. The fourth-order valence-corrected chi connectivity index (χ4v) is 2.43. The van der Waals surface area contributed by atoms with Crippen molar-refractivity contribution in [2.45, 2.75) is 13.5 Å². The van der Waals surface area contributed by atoms with E-state index in [1.165, 1.54) is 12.1 Å². The number of hydrogen-bond donors (Lipinski definition) is 1. The lowest BCUT2D eigenvalue weighted by Crippen LogP contribution is -2.04. The summed E-state index contributed by atoms with van der Waals surface area (Å²) >= 11 is 3.41. The normalized spacial score (nSPS) is 10.9. The molecule has 0 aliphatic carbocycles. The van der Waals surface area contributed by atoms with E-state index < -0.39 is 0 Å². The average molecular weight is 335 g/mol. The van der Waals surface area contributed by atoms with Gasteiger partial charge in [-0.25, -0.2) is 13.9 Å². The van der Waals surface area contributed by atoms with Gasteiger partial charge in [0, 0.05) is 23.4 Å². The van der Waals surface area contributed by atoms with Crippen molar-refractivity contribution in [3.63, 3.8) is 0 Å². The molecular formula is C14H12BrFN4. The first-order chi connectivity index (χ1) is 9.63. The van der Waals surface area contributed by atoms with E-state index in [1.54, 1.807) is 23.0 Å². The molecule has 3 aromatic rings. The minimum atomic E-state index is -0.253. The number of nitrogens with one attached hydrogen (secondary N) is 1. The van der Waals surface area contributed by atoms with E-state index in [4.69, 9.17) is 0 Å². The highest BCUT2D eigenvalue weighted by molar-refractivity contribution is 9.10. The molecule has 0 saturated carbocycles. The van der Waals surface area contributed by atoms with Crippen molar-refractivity contribution in [3.8, 4) is 0 Å². The van der Waals surface area contributed by atoms with Crippen LogP contribution in [0, 0.1) is 12.7 Å². The minimum absolute atomic E-state index is 0.253. The molecule has 2 aromatic heterocycles. The Kier molecular flexibility index (Phi) is 3.40. The number of halogens is 2. The summed E-state index contributed by atoms with van der Waals surface area (Å²) in [5.74, 6) is 0.473. The maximum absolute atomic E-state index is 13.3. The van der Waals surface area contributed by atoms with Crippen molar-refractivity contribution in [1.82, 2.24) is 14.6 Å². The largest absolute Gasteiger partial charge is 0.364 e. The van der Waals surface area contributed by atoms with Crippen LogP contribution in [-0.2, 0) is 6.54 Å². The Morgan fingerprint density at radius 3 is 3.05 bits per heavy atom. The Bertz CT molecular complexity index is 769. The molecule has 0 spiro atoms. The second kappa shape index (κ2) is 5.20. The molecule has 4 nitrogen and oxygen atoms in total. The van der Waals surface area contributed by atoms with E-state index in [9.17, 15) is 4.39 Å². The smallest absolute Gasteiger partial charge is 0.152 e. The van der Waals surface area contributed by atoms with Gasteiger partial charge in [-0.1, -0.05) is 15.9 Å². The van der Waals surface area contributed by atoms with Crippen LogP contribution in [-0.4, -0.2) is 14.6 Å². The Hall–Kier alpha value is -1.95. The third kappa shape index (κ3) is 2.51. The van der Waals surface area contributed by atoms with Crippen molar-refractivity contribution in [3.05, 3.63) is 58.2 Å². The molecule has 0 atom stereocenters. The Labute approximate surface area is 123 Å². The molecule has 6 heteroatoms. The maximum Gasteiger partial charge on any atom is 0.152 e. The van der Waals surface area contributed by atoms with Crippen LogP contribution in [0.1, 0.15) is 11.3 Å². The lowest BCUT2D eigenvalue weighted by Gasteiger charge is -2.08. The zero-order chi connectivity index (χ0) is 14.1. The highest BCUT2D eigenvalue weighted by Crippen LogP contribution is 2.20. The maximum atomic E-state index is 13.3. The number of nitrogens with zero attached hydrogens (tertiary/aromatic N) is 3. The van der Waals surface area contributed by atoms with Crippen molar-refractivity contribution in [2.75, 3.05) is 5.32 Å². The number of aromatic nitrogens is 3. The van der Waals surface area contributed by atoms with Gasteiger partial charge in [0.1, 0.15) is 11.3 Å². The quantitative estimate of drug-likeness (QED) is 0.796. The molecule has 102 valence electrons. The summed E-state index contributed by atoms with van der Waals surface area (Å²) in [6.45, 7) is 2.41. The lowest BCUT2D eigenvalue weighted by atomic mass is 10.2. The van der Waals surface area contributed by atoms with Gasteiger partial charge in [-0.15, -0.1) is 0 Å². The third-order valence-electron chi connectivity index (χ3n) is 2.97. The van der Waals surface area contributed by atoms with Gasteiger partial charge in [0.15, 0.2) is 5.82 Å². The van der Waals surface area contributed by atoms with E-state index in [1.807, 2.05) is 13.0 Å². The molecule has 0 saturated heterocycles. The van der Waals surface area contributed by atoms with E-state index >= 15 is 0 Å². The molecule has 0 aliphatic rings. The topological polar surface area (TPSA) is 42.2 Å². The van der Waals surface area contributed by atoms with Crippen LogP contribution in [0.4, 0.5) is 10.2 Å². The predicted molar refractivity (Wildman–Crippen MR) is 79.2 cm³/mol. The molecule has 3 rings (SSSR count). The van der Waals surface area contributed by atoms with Gasteiger partial charge in [-0.05, 0) is 36.8 Å². The Morgan fingerprint density at radius 1 is 1.35 bits per heavy atom. The van der Waals surface area contributed by atoms with Gasteiger partial charge in [0.05, 0.1) is 5.69 Å². The third-order valence-corrected chi connectivity index (χ3v) is 3.74. The summed E-state index contributed by atoms with van der Waals surface area (Å²) in [6, 6.07) is 6.57. The molecular weight excluding hydrogens is 323 g/mol. The highest BCUT2D eigenvalue weighted by Gasteiger charge is 2.07. The number of fused-ring (bicyclic) bond motifs is 1. The molecule has 1 aromatic carbocycles. The van der Waals surface area contributed by atoms with Crippen LogP contribution in [0.15, 0.2) is 41.1 Å². The van der Waals surface area contributed by atoms with Gasteiger partial charge in [0.25, 0.3) is 0 Å². The van der Waals surface area contributed by atoms with Gasteiger partial charge in [0.2, 0.25) is 0 Å².